The van der Waals surface area contributed by atoms with Crippen LogP contribution in [-0.2, 0) is 6.61 Å². The lowest BCUT2D eigenvalue weighted by Gasteiger charge is -2.15. The number of tetrazole rings is 1. The van der Waals surface area contributed by atoms with Gasteiger partial charge in [0, 0.05) is 5.56 Å². The van der Waals surface area contributed by atoms with Gasteiger partial charge in [-0.2, -0.15) is 5.21 Å². The van der Waals surface area contributed by atoms with E-state index in [-0.39, 0.29) is 18.2 Å². The smallest absolute Gasteiger partial charge is 0.204 e. The highest BCUT2D eigenvalue weighted by Gasteiger charge is 2.14. The molecule has 0 saturated carbocycles. The first-order chi connectivity index (χ1) is 17.1. The van der Waals surface area contributed by atoms with Gasteiger partial charge in [-0.05, 0) is 57.8 Å². The predicted molar refractivity (Wildman–Crippen MR) is 128 cm³/mol. The molecule has 3 N–H and O–H groups in total. The number of ether oxygens (including phenoxy) is 1. The van der Waals surface area contributed by atoms with Crippen LogP contribution in [0.3, 0.4) is 0 Å². The fraction of sp³-hybridized carbons (Fsp3) is 0.0741. The number of rotatable bonds is 7. The Hall–Kier alpha value is -4.56. The number of nitrogens with zero attached hydrogens (tertiary/aromatic N) is 3. The number of phenolic OH excluding ortho intramolecular Hbond substituents is 1. The van der Waals surface area contributed by atoms with Crippen molar-refractivity contribution in [2.24, 2.45) is 0 Å². The summed E-state index contributed by atoms with van der Waals surface area (Å²) in [4.78, 5) is 0. The van der Waals surface area contributed by atoms with Crippen LogP contribution in [0.2, 0.25) is 0 Å². The van der Waals surface area contributed by atoms with Gasteiger partial charge in [-0.25, -0.2) is 4.39 Å². The number of aliphatic hydroxyl groups is 1. The molecule has 0 fully saturated rings. The summed E-state index contributed by atoms with van der Waals surface area (Å²) < 4.78 is 19.3. The van der Waals surface area contributed by atoms with Gasteiger partial charge in [0.1, 0.15) is 30.0 Å². The molecular formula is C27H21FN4O3. The van der Waals surface area contributed by atoms with Crippen LogP contribution < -0.4 is 4.74 Å². The van der Waals surface area contributed by atoms with E-state index in [2.05, 4.69) is 20.6 Å². The highest BCUT2D eigenvalue weighted by molar-refractivity contribution is 5.76. The summed E-state index contributed by atoms with van der Waals surface area (Å²) in [5, 5.41) is 35.2. The Morgan fingerprint density at radius 2 is 1.63 bits per heavy atom. The minimum absolute atomic E-state index is 0.0515. The minimum Gasteiger partial charge on any atom is -0.507 e. The lowest BCUT2D eigenvalue weighted by atomic mass is 9.98. The topological polar surface area (TPSA) is 104 Å². The van der Waals surface area contributed by atoms with Crippen molar-refractivity contribution < 1.29 is 19.3 Å². The van der Waals surface area contributed by atoms with Crippen LogP contribution in [0.15, 0.2) is 91.0 Å². The maximum Gasteiger partial charge on any atom is 0.204 e. The quantitative estimate of drug-likeness (QED) is 0.309. The number of aliphatic hydroxyl groups excluding tert-OH is 1. The number of aromatic hydroxyl groups is 1. The van der Waals surface area contributed by atoms with Gasteiger partial charge in [0.05, 0.1) is 5.56 Å². The molecule has 0 aliphatic carbocycles. The fourth-order valence-corrected chi connectivity index (χ4v) is 3.83. The number of halogens is 1. The number of hydrogen-bond acceptors (Lipinski definition) is 6. The zero-order chi connectivity index (χ0) is 24.2. The first-order valence-electron chi connectivity index (χ1n) is 10.9. The monoisotopic (exact) mass is 468 g/mol. The molecule has 1 aromatic heterocycles. The summed E-state index contributed by atoms with van der Waals surface area (Å²) in [6.45, 7) is 0.251. The molecule has 5 aromatic rings. The summed E-state index contributed by atoms with van der Waals surface area (Å²) in [6, 6.07) is 25.7. The molecule has 0 amide bonds. The van der Waals surface area contributed by atoms with Crippen LogP contribution in [0.4, 0.5) is 4.39 Å². The summed E-state index contributed by atoms with van der Waals surface area (Å²) in [5.74, 6) is 0.642. The van der Waals surface area contributed by atoms with Crippen molar-refractivity contribution in [3.05, 3.63) is 114 Å². The van der Waals surface area contributed by atoms with Crippen molar-refractivity contribution in [3.63, 3.8) is 0 Å². The number of nitrogens with one attached hydrogen (secondary N) is 1. The van der Waals surface area contributed by atoms with Crippen molar-refractivity contribution in [1.82, 2.24) is 20.6 Å². The van der Waals surface area contributed by atoms with Gasteiger partial charge in [-0.3, -0.25) is 0 Å². The maximum absolute atomic E-state index is 13.3. The number of phenols is 1. The molecule has 1 atom stereocenters. The van der Waals surface area contributed by atoms with Crippen LogP contribution in [0.5, 0.6) is 11.5 Å². The van der Waals surface area contributed by atoms with E-state index in [9.17, 15) is 14.6 Å². The Kier molecular flexibility index (Phi) is 6.19. The van der Waals surface area contributed by atoms with Gasteiger partial charge in [0.15, 0.2) is 0 Å². The van der Waals surface area contributed by atoms with Crippen molar-refractivity contribution in [2.75, 3.05) is 0 Å². The third-order valence-electron chi connectivity index (χ3n) is 5.63. The minimum atomic E-state index is -0.826. The first kappa shape index (κ1) is 22.2. The molecule has 0 bridgehead atoms. The molecule has 1 heterocycles. The lowest BCUT2D eigenvalue weighted by Crippen LogP contribution is -2.02. The third kappa shape index (κ3) is 4.87. The van der Waals surface area contributed by atoms with Crippen molar-refractivity contribution in [2.45, 2.75) is 12.7 Å². The van der Waals surface area contributed by atoms with E-state index in [0.717, 1.165) is 16.7 Å². The van der Waals surface area contributed by atoms with Crippen molar-refractivity contribution in [1.29, 1.82) is 0 Å². The zero-order valence-corrected chi connectivity index (χ0v) is 18.5. The standard InChI is InChI=1S/C27H21FN4O3/c28-22-13-11-18(12-14-22)25-23(33)5-2-6-24(25)35-16-17-7-9-19(10-8-17)26(34)20-3-1-4-21(15-20)27-29-31-32-30-27/h1-15,26,33-34H,16H2,(H,29,30,31,32). The number of H-pyrrole nitrogens is 1. The van der Waals surface area contributed by atoms with Crippen LogP contribution in [0.25, 0.3) is 22.5 Å². The molecule has 4 aromatic carbocycles. The van der Waals surface area contributed by atoms with Gasteiger partial charge in [0.25, 0.3) is 0 Å². The van der Waals surface area contributed by atoms with E-state index in [0.29, 0.717) is 28.3 Å². The average Bonchev–Trinajstić information content (AvgIpc) is 3.44. The Bertz CT molecular complexity index is 1420. The molecule has 0 spiro atoms. The first-order valence-corrected chi connectivity index (χ1v) is 10.9. The largest absolute Gasteiger partial charge is 0.507 e. The van der Waals surface area contributed by atoms with Crippen LogP contribution in [0, 0.1) is 5.82 Å². The summed E-state index contributed by atoms with van der Waals surface area (Å²) in [6.07, 6.45) is -0.826. The molecule has 5 rings (SSSR count). The van der Waals surface area contributed by atoms with Gasteiger partial charge in [-0.15, -0.1) is 10.2 Å². The second-order valence-corrected chi connectivity index (χ2v) is 7.95. The molecular weight excluding hydrogens is 447 g/mol. The number of hydrogen-bond donors (Lipinski definition) is 3. The van der Waals surface area contributed by atoms with E-state index in [1.165, 1.54) is 12.1 Å². The fourth-order valence-electron chi connectivity index (χ4n) is 3.83. The van der Waals surface area contributed by atoms with E-state index in [1.807, 2.05) is 48.5 Å². The van der Waals surface area contributed by atoms with Crippen LogP contribution in [-0.4, -0.2) is 30.8 Å². The number of aromatic amines is 1. The third-order valence-corrected chi connectivity index (χ3v) is 5.63. The highest BCUT2D eigenvalue weighted by atomic mass is 19.1. The highest BCUT2D eigenvalue weighted by Crippen LogP contribution is 2.38. The second kappa shape index (κ2) is 9.74. The van der Waals surface area contributed by atoms with E-state index >= 15 is 0 Å². The molecule has 0 aliphatic rings. The van der Waals surface area contributed by atoms with Gasteiger partial charge >= 0.3 is 0 Å². The Morgan fingerprint density at radius 3 is 2.37 bits per heavy atom. The summed E-state index contributed by atoms with van der Waals surface area (Å²) >= 11 is 0. The maximum atomic E-state index is 13.3. The summed E-state index contributed by atoms with van der Waals surface area (Å²) in [7, 11) is 0. The van der Waals surface area contributed by atoms with Crippen LogP contribution in [0.1, 0.15) is 22.8 Å². The van der Waals surface area contributed by atoms with Crippen molar-refractivity contribution >= 4 is 0 Å². The molecule has 0 radical (unpaired) electrons. The van der Waals surface area contributed by atoms with Crippen molar-refractivity contribution in [3.8, 4) is 34.0 Å². The zero-order valence-electron chi connectivity index (χ0n) is 18.5. The van der Waals surface area contributed by atoms with E-state index in [1.54, 1.807) is 30.3 Å². The number of aromatic nitrogens is 4. The molecule has 35 heavy (non-hydrogen) atoms. The van der Waals surface area contributed by atoms with Gasteiger partial charge in [0.2, 0.25) is 5.82 Å². The van der Waals surface area contributed by atoms with Gasteiger partial charge in [-0.1, -0.05) is 60.7 Å². The normalized spacial score (nSPS) is 11.8. The Labute approximate surface area is 200 Å². The van der Waals surface area contributed by atoms with Gasteiger partial charge < -0.3 is 14.9 Å². The lowest BCUT2D eigenvalue weighted by molar-refractivity contribution is 0.220. The second-order valence-electron chi connectivity index (χ2n) is 7.95. The van der Waals surface area contributed by atoms with E-state index < -0.39 is 6.10 Å². The SMILES string of the molecule is Oc1cccc(OCc2ccc(C(O)c3cccc(-c4nn[nH]n4)c3)cc2)c1-c1ccc(F)cc1. The Morgan fingerprint density at radius 1 is 0.857 bits per heavy atom. The molecule has 1 unspecified atom stereocenters. The molecule has 174 valence electrons. The average molecular weight is 468 g/mol. The molecule has 7 nitrogen and oxygen atoms in total. The predicted octanol–water partition coefficient (Wildman–Crippen LogP) is 5.04. The molecule has 8 heteroatoms. The molecule has 0 aliphatic heterocycles. The van der Waals surface area contributed by atoms with Crippen LogP contribution >= 0.6 is 0 Å². The molecule has 0 saturated heterocycles. The van der Waals surface area contributed by atoms with E-state index in [4.69, 9.17) is 4.74 Å². The number of benzene rings is 4. The Balaban J connectivity index is 1.31. The summed E-state index contributed by atoms with van der Waals surface area (Å²) in [5.41, 5.74) is 4.23.